The Bertz CT molecular complexity index is 968. The van der Waals surface area contributed by atoms with Crippen molar-refractivity contribution in [1.82, 2.24) is 9.55 Å². The molecule has 2 aromatic carbocycles. The van der Waals surface area contributed by atoms with Crippen molar-refractivity contribution in [2.75, 3.05) is 12.4 Å². The van der Waals surface area contributed by atoms with Crippen molar-refractivity contribution in [1.29, 1.82) is 0 Å². The van der Waals surface area contributed by atoms with Crippen molar-refractivity contribution in [3.63, 3.8) is 0 Å². The third-order valence-electron chi connectivity index (χ3n) is 4.11. The summed E-state index contributed by atoms with van der Waals surface area (Å²) >= 11 is 0. The minimum absolute atomic E-state index is 0.753. The molecule has 3 aromatic rings. The highest BCUT2D eigenvalue weighted by Crippen LogP contribution is 2.25. The zero-order valence-electron chi connectivity index (χ0n) is 16.4. The van der Waals surface area contributed by atoms with Gasteiger partial charge < -0.3 is 24.8 Å². The van der Waals surface area contributed by atoms with Crippen LogP contribution in [0.1, 0.15) is 11.1 Å². The van der Waals surface area contributed by atoms with Gasteiger partial charge in [0.25, 0.3) is 0 Å². The summed E-state index contributed by atoms with van der Waals surface area (Å²) in [6.45, 7) is 2.85. The van der Waals surface area contributed by atoms with Crippen molar-refractivity contribution in [2.45, 2.75) is 13.5 Å². The van der Waals surface area contributed by atoms with Crippen LogP contribution in [0.3, 0.4) is 0 Å². The minimum Gasteiger partial charge on any atom is -0.497 e. The molecule has 0 amide bonds. The molecule has 0 unspecified atom stereocenters. The summed E-state index contributed by atoms with van der Waals surface area (Å²) in [7, 11) is 3.69. The van der Waals surface area contributed by atoms with Crippen molar-refractivity contribution >= 4 is 17.9 Å². The predicted octanol–water partition coefficient (Wildman–Crippen LogP) is 3.17. The molecule has 0 aliphatic heterocycles. The number of ether oxygens (including phenoxy) is 1. The lowest BCUT2D eigenvalue weighted by Gasteiger charge is -2.09. The fraction of sp³-hybridized carbons (Fsp3) is 0.190. The van der Waals surface area contributed by atoms with Crippen LogP contribution in [0.4, 0.5) is 5.95 Å². The van der Waals surface area contributed by atoms with Gasteiger partial charge in [-0.15, -0.1) is 0 Å². The molecule has 29 heavy (non-hydrogen) atoms. The summed E-state index contributed by atoms with van der Waals surface area (Å²) in [4.78, 5) is 22.7. The minimum atomic E-state index is -1.82. The van der Waals surface area contributed by atoms with Crippen LogP contribution in [-0.2, 0) is 23.2 Å². The molecular formula is C21H23N3O5. The Kier molecular flexibility index (Phi) is 7.36. The van der Waals surface area contributed by atoms with E-state index in [-0.39, 0.29) is 0 Å². The number of imidazole rings is 1. The van der Waals surface area contributed by atoms with Crippen LogP contribution in [0.15, 0.2) is 54.7 Å². The van der Waals surface area contributed by atoms with Gasteiger partial charge in [-0.3, -0.25) is 0 Å². The summed E-state index contributed by atoms with van der Waals surface area (Å²) in [5.74, 6) is -1.95. The molecule has 1 aromatic heterocycles. The largest absolute Gasteiger partial charge is 0.497 e. The fourth-order valence-corrected chi connectivity index (χ4v) is 2.51. The summed E-state index contributed by atoms with van der Waals surface area (Å²) in [6.07, 6.45) is 1.88. The van der Waals surface area contributed by atoms with E-state index < -0.39 is 11.9 Å². The SMILES string of the molecule is COc1cccc(-c2cnc(NCc3ccc(C)cc3)n2C)c1.O=C(O)C(=O)O. The number of hydrogen-bond acceptors (Lipinski definition) is 5. The number of rotatable bonds is 5. The Balaban J connectivity index is 0.000000438. The van der Waals surface area contributed by atoms with Gasteiger partial charge in [0.05, 0.1) is 19.0 Å². The molecule has 0 spiro atoms. The van der Waals surface area contributed by atoms with E-state index in [1.165, 1.54) is 11.1 Å². The van der Waals surface area contributed by atoms with Gasteiger partial charge in [-0.25, -0.2) is 14.6 Å². The number of methoxy groups -OCH3 is 1. The van der Waals surface area contributed by atoms with E-state index in [1.807, 2.05) is 31.4 Å². The van der Waals surface area contributed by atoms with Crippen LogP contribution < -0.4 is 10.1 Å². The zero-order valence-corrected chi connectivity index (χ0v) is 16.4. The smallest absolute Gasteiger partial charge is 0.414 e. The molecule has 8 heteroatoms. The molecule has 0 radical (unpaired) electrons. The van der Waals surface area contributed by atoms with Crippen LogP contribution in [0.2, 0.25) is 0 Å². The maximum Gasteiger partial charge on any atom is 0.414 e. The first-order valence-corrected chi connectivity index (χ1v) is 8.73. The lowest BCUT2D eigenvalue weighted by molar-refractivity contribution is -0.159. The third kappa shape index (κ3) is 6.10. The normalized spacial score (nSPS) is 9.90. The first-order valence-electron chi connectivity index (χ1n) is 8.73. The molecule has 3 rings (SSSR count). The number of aryl methyl sites for hydroxylation is 1. The average Bonchev–Trinajstić information content (AvgIpc) is 3.08. The third-order valence-corrected chi connectivity index (χ3v) is 4.11. The summed E-state index contributed by atoms with van der Waals surface area (Å²) in [6, 6.07) is 16.5. The Morgan fingerprint density at radius 1 is 1.10 bits per heavy atom. The molecule has 8 nitrogen and oxygen atoms in total. The van der Waals surface area contributed by atoms with Crippen LogP contribution in [-0.4, -0.2) is 38.8 Å². The maximum absolute atomic E-state index is 9.10. The summed E-state index contributed by atoms with van der Waals surface area (Å²) in [5.41, 5.74) is 4.64. The first-order chi connectivity index (χ1) is 13.8. The van der Waals surface area contributed by atoms with Crippen molar-refractivity contribution in [3.05, 3.63) is 65.9 Å². The molecule has 3 N–H and O–H groups in total. The maximum atomic E-state index is 9.10. The van der Waals surface area contributed by atoms with E-state index in [1.54, 1.807) is 7.11 Å². The van der Waals surface area contributed by atoms with E-state index in [4.69, 9.17) is 24.5 Å². The highest BCUT2D eigenvalue weighted by atomic mass is 16.5. The fourth-order valence-electron chi connectivity index (χ4n) is 2.51. The molecule has 0 aliphatic rings. The molecule has 0 atom stereocenters. The molecule has 152 valence electrons. The summed E-state index contributed by atoms with van der Waals surface area (Å²) < 4.78 is 7.35. The average molecular weight is 397 g/mol. The number of aliphatic carboxylic acids is 2. The van der Waals surface area contributed by atoms with E-state index in [0.717, 1.165) is 29.5 Å². The van der Waals surface area contributed by atoms with Gasteiger partial charge in [-0.1, -0.05) is 42.0 Å². The number of carboxylic acids is 2. The number of nitrogens with zero attached hydrogens (tertiary/aromatic N) is 2. The van der Waals surface area contributed by atoms with Gasteiger partial charge in [0.2, 0.25) is 5.95 Å². The molecular weight excluding hydrogens is 374 g/mol. The number of nitrogens with one attached hydrogen (secondary N) is 1. The van der Waals surface area contributed by atoms with E-state index in [9.17, 15) is 0 Å². The zero-order chi connectivity index (χ0) is 21.4. The molecule has 0 aliphatic carbocycles. The Morgan fingerprint density at radius 3 is 2.34 bits per heavy atom. The summed E-state index contributed by atoms with van der Waals surface area (Å²) in [5, 5.41) is 18.2. The first kappa shape index (κ1) is 21.5. The number of carbonyl (C=O) groups is 2. The number of aromatic nitrogens is 2. The number of carboxylic acid groups (broad SMARTS) is 2. The van der Waals surface area contributed by atoms with Crippen LogP contribution in [0, 0.1) is 6.92 Å². The van der Waals surface area contributed by atoms with E-state index in [2.05, 4.69) is 52.1 Å². The van der Waals surface area contributed by atoms with Gasteiger partial charge in [0.1, 0.15) is 5.75 Å². The van der Waals surface area contributed by atoms with Crippen molar-refractivity contribution < 1.29 is 24.5 Å². The van der Waals surface area contributed by atoms with Crippen LogP contribution in [0.5, 0.6) is 5.75 Å². The second kappa shape index (κ2) is 9.93. The molecule has 1 heterocycles. The van der Waals surface area contributed by atoms with Gasteiger partial charge in [0, 0.05) is 19.2 Å². The Labute approximate surface area is 168 Å². The number of hydrogen-bond donors (Lipinski definition) is 3. The van der Waals surface area contributed by atoms with Crippen molar-refractivity contribution in [2.24, 2.45) is 7.05 Å². The van der Waals surface area contributed by atoms with Gasteiger partial charge >= 0.3 is 11.9 Å². The second-order valence-electron chi connectivity index (χ2n) is 6.21. The van der Waals surface area contributed by atoms with Gasteiger partial charge in [-0.05, 0) is 24.6 Å². The highest BCUT2D eigenvalue weighted by Gasteiger charge is 2.09. The molecule has 0 saturated carbocycles. The van der Waals surface area contributed by atoms with Crippen LogP contribution in [0.25, 0.3) is 11.3 Å². The highest BCUT2D eigenvalue weighted by molar-refractivity contribution is 6.27. The Morgan fingerprint density at radius 2 is 1.76 bits per heavy atom. The van der Waals surface area contributed by atoms with Gasteiger partial charge in [-0.2, -0.15) is 0 Å². The standard InChI is InChI=1S/C19H21N3O.C2H2O4/c1-14-7-9-15(10-8-14)12-20-19-21-13-18(22(19)2)16-5-4-6-17(11-16)23-3;3-1(4)2(5)6/h4-11,13H,12H2,1-3H3,(H,20,21);(H,3,4)(H,5,6). The quantitative estimate of drug-likeness (QED) is 0.567. The number of benzene rings is 2. The van der Waals surface area contributed by atoms with Gasteiger partial charge in [0.15, 0.2) is 0 Å². The second-order valence-corrected chi connectivity index (χ2v) is 6.21. The molecule has 0 saturated heterocycles. The number of anilines is 1. The van der Waals surface area contributed by atoms with E-state index in [0.29, 0.717) is 0 Å². The topological polar surface area (TPSA) is 114 Å². The van der Waals surface area contributed by atoms with Crippen molar-refractivity contribution in [3.8, 4) is 17.0 Å². The Hall–Kier alpha value is -3.81. The monoisotopic (exact) mass is 397 g/mol. The predicted molar refractivity (Wildman–Crippen MR) is 109 cm³/mol. The van der Waals surface area contributed by atoms with E-state index >= 15 is 0 Å². The lowest BCUT2D eigenvalue weighted by Crippen LogP contribution is -2.09. The molecule has 0 bridgehead atoms. The lowest BCUT2D eigenvalue weighted by atomic mass is 10.1. The van der Waals surface area contributed by atoms with Crippen LogP contribution >= 0.6 is 0 Å². The molecule has 0 fully saturated rings.